The number of hydrogen-bond acceptors (Lipinski definition) is 5. The Morgan fingerprint density at radius 1 is 1.00 bits per heavy atom. The van der Waals surface area contributed by atoms with Gasteiger partial charge in [0.05, 0.1) is 0 Å². The van der Waals surface area contributed by atoms with Crippen LogP contribution in [0.25, 0.3) is 0 Å². The van der Waals surface area contributed by atoms with Crippen LogP contribution in [0.5, 0.6) is 0 Å². The number of rotatable bonds is 4. The maximum Gasteiger partial charge on any atom is 0.247 e. The van der Waals surface area contributed by atoms with Crippen molar-refractivity contribution < 1.29 is 4.79 Å². The van der Waals surface area contributed by atoms with E-state index < -0.39 is 6.12 Å². The SMILES string of the molecule is CC(=O)SSC(Cl)(Cl)SSC(Cl)(Cl)Cl. The molecule has 0 fully saturated rings. The molecule has 0 aromatic carbocycles. The molecule has 0 saturated carbocycles. The molecule has 0 atom stereocenters. The fourth-order valence-corrected chi connectivity index (χ4v) is 5.55. The molecule has 0 bridgehead atoms. The quantitative estimate of drug-likeness (QED) is 0.356. The van der Waals surface area contributed by atoms with E-state index >= 15 is 0 Å². The molecule has 10 heteroatoms. The van der Waals surface area contributed by atoms with Crippen LogP contribution in [0.3, 0.4) is 0 Å². The highest BCUT2D eigenvalue weighted by Crippen LogP contribution is 2.60. The maximum atomic E-state index is 10.6. The summed E-state index contributed by atoms with van der Waals surface area (Å²) in [7, 11) is 3.80. The van der Waals surface area contributed by atoms with Crippen molar-refractivity contribution in [1.82, 2.24) is 0 Å². The van der Waals surface area contributed by atoms with Crippen molar-refractivity contribution in [3.63, 3.8) is 0 Å². The van der Waals surface area contributed by atoms with Crippen LogP contribution < -0.4 is 0 Å². The summed E-state index contributed by atoms with van der Waals surface area (Å²) < 4.78 is -2.72. The van der Waals surface area contributed by atoms with E-state index in [0.717, 1.165) is 43.2 Å². The van der Waals surface area contributed by atoms with E-state index in [-0.39, 0.29) is 5.12 Å². The highest BCUT2D eigenvalue weighted by molar-refractivity contribution is 8.90. The Bertz CT molecular complexity index is 204. The third-order valence-electron chi connectivity index (χ3n) is 0.489. The Morgan fingerprint density at radius 3 is 1.86 bits per heavy atom. The number of carbonyl (C=O) groups excluding carboxylic acids is 1. The van der Waals surface area contributed by atoms with Crippen molar-refractivity contribution in [2.24, 2.45) is 0 Å². The molecule has 0 radical (unpaired) electrons. The van der Waals surface area contributed by atoms with Gasteiger partial charge in [-0.05, 0) is 43.2 Å². The van der Waals surface area contributed by atoms with Crippen molar-refractivity contribution in [2.45, 2.75) is 13.0 Å². The van der Waals surface area contributed by atoms with Crippen LogP contribution in [0.4, 0.5) is 0 Å². The Labute approximate surface area is 123 Å². The first kappa shape index (κ1) is 16.5. The lowest BCUT2D eigenvalue weighted by molar-refractivity contribution is -0.109. The number of carbonyl (C=O) groups is 1. The molecule has 0 aliphatic carbocycles. The molecular formula is C4H3Cl5OS4. The van der Waals surface area contributed by atoms with Gasteiger partial charge in [-0.2, -0.15) is 0 Å². The minimum Gasteiger partial charge on any atom is -0.287 e. The molecule has 0 aliphatic heterocycles. The zero-order valence-corrected chi connectivity index (χ0v) is 13.5. The van der Waals surface area contributed by atoms with Crippen LogP contribution in [0, 0.1) is 0 Å². The molecule has 0 heterocycles. The Hall–Kier alpha value is 2.52. The Morgan fingerprint density at radius 2 is 1.50 bits per heavy atom. The zero-order valence-electron chi connectivity index (χ0n) is 6.43. The second kappa shape index (κ2) is 7.07. The second-order valence-electron chi connectivity index (χ2n) is 1.73. The smallest absolute Gasteiger partial charge is 0.247 e. The highest BCUT2D eigenvalue weighted by Gasteiger charge is 2.32. The van der Waals surface area contributed by atoms with Gasteiger partial charge in [-0.3, -0.25) is 4.79 Å². The first-order chi connectivity index (χ1) is 6.12. The molecule has 14 heavy (non-hydrogen) atoms. The summed E-state index contributed by atoms with van der Waals surface area (Å²) in [6.07, 6.45) is 0. The van der Waals surface area contributed by atoms with Crippen LogP contribution in [0.1, 0.15) is 6.92 Å². The number of alkyl halides is 5. The lowest BCUT2D eigenvalue weighted by Crippen LogP contribution is -2.00. The van der Waals surface area contributed by atoms with Crippen LogP contribution in [-0.4, -0.2) is 11.2 Å². The van der Waals surface area contributed by atoms with E-state index in [4.69, 9.17) is 58.0 Å². The third-order valence-corrected chi connectivity index (χ3v) is 9.60. The predicted molar refractivity (Wildman–Crippen MR) is 75.8 cm³/mol. The lowest BCUT2D eigenvalue weighted by Gasteiger charge is -2.18. The average Bonchev–Trinajstić information content (AvgIpc) is 1.97. The summed E-state index contributed by atoms with van der Waals surface area (Å²) in [5, 5.41) is -0.0971. The molecule has 0 amide bonds. The summed E-state index contributed by atoms with van der Waals surface area (Å²) in [6, 6.07) is 0. The summed E-state index contributed by atoms with van der Waals surface area (Å²) in [4.78, 5) is 10.6. The van der Waals surface area contributed by atoms with E-state index in [2.05, 4.69) is 0 Å². The van der Waals surface area contributed by atoms with E-state index in [1.165, 1.54) is 6.92 Å². The average molecular weight is 373 g/mol. The van der Waals surface area contributed by atoms with Gasteiger partial charge >= 0.3 is 0 Å². The summed E-state index contributed by atoms with van der Waals surface area (Å²) in [5.41, 5.74) is 0. The van der Waals surface area contributed by atoms with E-state index in [9.17, 15) is 4.79 Å². The van der Waals surface area contributed by atoms with Gasteiger partial charge in [0.1, 0.15) is 0 Å². The molecule has 84 valence electrons. The number of halogens is 5. The fourth-order valence-electron chi connectivity index (χ4n) is 0.217. The Balaban J connectivity index is 3.89. The van der Waals surface area contributed by atoms with Gasteiger partial charge in [0, 0.05) is 6.92 Å². The molecule has 0 saturated heterocycles. The summed E-state index contributed by atoms with van der Waals surface area (Å²) >= 11 is 28.0. The lowest BCUT2D eigenvalue weighted by atomic mass is 10.9. The van der Waals surface area contributed by atoms with E-state index in [0.29, 0.717) is 0 Å². The molecule has 0 rings (SSSR count). The standard InChI is InChI=1S/C4H3Cl5OS4/c1-2(10)11-13-4(8,9)14-12-3(5,6)7/h1H3. The van der Waals surface area contributed by atoms with Gasteiger partial charge in [0.2, 0.25) is 6.12 Å². The van der Waals surface area contributed by atoms with Gasteiger partial charge in [0.25, 0.3) is 0 Å². The fraction of sp³-hybridized carbons (Fsp3) is 0.750. The van der Waals surface area contributed by atoms with Crippen LogP contribution >= 0.6 is 101 Å². The molecule has 0 aromatic rings. The molecule has 0 aliphatic rings. The van der Waals surface area contributed by atoms with E-state index in [1.54, 1.807) is 0 Å². The third kappa shape index (κ3) is 11.0. The minimum atomic E-state index is -1.48. The van der Waals surface area contributed by atoms with E-state index in [1.807, 2.05) is 0 Å². The van der Waals surface area contributed by atoms with Crippen LogP contribution in [0.2, 0.25) is 0 Å². The van der Waals surface area contributed by atoms with Gasteiger partial charge in [-0.15, -0.1) is 0 Å². The van der Waals surface area contributed by atoms with Crippen molar-refractivity contribution in [3.8, 4) is 0 Å². The first-order valence-corrected chi connectivity index (χ1v) is 8.99. The van der Waals surface area contributed by atoms with Crippen molar-refractivity contribution in [1.29, 1.82) is 0 Å². The monoisotopic (exact) mass is 370 g/mol. The minimum absolute atomic E-state index is 0.0971. The summed E-state index contributed by atoms with van der Waals surface area (Å²) in [5.74, 6) is 0. The molecular weight excluding hydrogens is 370 g/mol. The topological polar surface area (TPSA) is 17.1 Å². The Kier molecular flexibility index (Phi) is 8.34. The van der Waals surface area contributed by atoms with Crippen molar-refractivity contribution in [3.05, 3.63) is 0 Å². The predicted octanol–water partition coefficient (Wildman–Crippen LogP) is 5.71. The molecule has 0 N–H and O–H groups in total. The van der Waals surface area contributed by atoms with Crippen molar-refractivity contribution >= 4 is 106 Å². The zero-order chi connectivity index (χ0) is 11.4. The van der Waals surface area contributed by atoms with Gasteiger partial charge in [-0.1, -0.05) is 58.0 Å². The highest BCUT2D eigenvalue weighted by atomic mass is 35.6. The molecule has 0 unspecified atom stereocenters. The normalized spacial score (nSPS) is 13.0. The van der Waals surface area contributed by atoms with Gasteiger partial charge in [0.15, 0.2) is 5.12 Å². The molecule has 1 nitrogen and oxygen atoms in total. The maximum absolute atomic E-state index is 10.6. The first-order valence-electron chi connectivity index (χ1n) is 2.80. The van der Waals surface area contributed by atoms with Crippen LogP contribution in [0.15, 0.2) is 0 Å². The second-order valence-corrected chi connectivity index (χ2v) is 12.2. The molecule has 0 spiro atoms. The van der Waals surface area contributed by atoms with Crippen LogP contribution in [-0.2, 0) is 4.79 Å². The largest absolute Gasteiger partial charge is 0.287 e. The van der Waals surface area contributed by atoms with Gasteiger partial charge in [-0.25, -0.2) is 0 Å². The van der Waals surface area contributed by atoms with Crippen molar-refractivity contribution in [2.75, 3.05) is 0 Å². The summed E-state index contributed by atoms with van der Waals surface area (Å²) in [6.45, 7) is 1.41. The molecule has 0 aromatic heterocycles. The number of hydrogen-bond donors (Lipinski definition) is 0. The van der Waals surface area contributed by atoms with Gasteiger partial charge < -0.3 is 0 Å².